The Kier molecular flexibility index (Phi) is 4.00. The van der Waals surface area contributed by atoms with Gasteiger partial charge in [0.2, 0.25) is 0 Å². The average molecular weight is 242 g/mol. The van der Waals surface area contributed by atoms with Crippen LogP contribution in [0.15, 0.2) is 42.5 Å². The maximum absolute atomic E-state index is 9.12. The highest BCUT2D eigenvalue weighted by Crippen LogP contribution is 2.23. The minimum atomic E-state index is 0.0427. The van der Waals surface area contributed by atoms with E-state index < -0.39 is 0 Å². The van der Waals surface area contributed by atoms with Gasteiger partial charge in [0.15, 0.2) is 0 Å². The van der Waals surface area contributed by atoms with E-state index in [1.807, 2.05) is 18.2 Å². The van der Waals surface area contributed by atoms with E-state index in [9.17, 15) is 0 Å². The van der Waals surface area contributed by atoms with Crippen LogP contribution in [0.4, 0.5) is 0 Å². The molecule has 0 atom stereocenters. The summed E-state index contributed by atoms with van der Waals surface area (Å²) in [6, 6.07) is 14.3. The van der Waals surface area contributed by atoms with Gasteiger partial charge in [-0.05, 0) is 29.7 Å². The van der Waals surface area contributed by atoms with Gasteiger partial charge in [-0.1, -0.05) is 42.0 Å². The predicted octanol–water partition coefficient (Wildman–Crippen LogP) is 3.09. The first kappa shape index (κ1) is 12.7. The first-order chi connectivity index (χ1) is 8.72. The molecule has 18 heavy (non-hydrogen) atoms. The Morgan fingerprint density at radius 2 is 1.89 bits per heavy atom. The van der Waals surface area contributed by atoms with Gasteiger partial charge >= 0.3 is 0 Å². The van der Waals surface area contributed by atoms with Crippen molar-refractivity contribution in [1.82, 2.24) is 0 Å². The van der Waals surface area contributed by atoms with Crippen LogP contribution in [-0.2, 0) is 13.0 Å². The van der Waals surface area contributed by atoms with Crippen LogP contribution in [0.2, 0.25) is 0 Å². The van der Waals surface area contributed by atoms with E-state index in [4.69, 9.17) is 9.84 Å². The molecule has 0 radical (unpaired) electrons. The summed E-state index contributed by atoms with van der Waals surface area (Å²) in [5.74, 6) is 0.836. The van der Waals surface area contributed by atoms with Crippen LogP contribution in [0.1, 0.15) is 22.3 Å². The molecule has 0 aliphatic carbocycles. The fourth-order valence-electron chi connectivity index (χ4n) is 2.08. The van der Waals surface area contributed by atoms with Crippen molar-refractivity contribution in [2.24, 2.45) is 0 Å². The lowest BCUT2D eigenvalue weighted by Gasteiger charge is -2.10. The van der Waals surface area contributed by atoms with Crippen LogP contribution in [0, 0.1) is 6.92 Å². The summed E-state index contributed by atoms with van der Waals surface area (Å²) >= 11 is 0. The Balaban J connectivity index is 2.28. The number of hydrogen-bond donors (Lipinski definition) is 1. The number of aliphatic hydroxyl groups excluding tert-OH is 1. The van der Waals surface area contributed by atoms with Crippen molar-refractivity contribution < 1.29 is 9.84 Å². The van der Waals surface area contributed by atoms with Gasteiger partial charge in [0.1, 0.15) is 5.75 Å². The van der Waals surface area contributed by atoms with Gasteiger partial charge in [-0.2, -0.15) is 0 Å². The molecular weight excluding hydrogens is 224 g/mol. The van der Waals surface area contributed by atoms with Crippen molar-refractivity contribution in [1.29, 1.82) is 0 Å². The third-order valence-electron chi connectivity index (χ3n) is 3.01. The van der Waals surface area contributed by atoms with E-state index in [0.29, 0.717) is 0 Å². The zero-order valence-electron chi connectivity index (χ0n) is 10.8. The molecule has 0 aliphatic rings. The van der Waals surface area contributed by atoms with Crippen LogP contribution < -0.4 is 4.74 Å². The van der Waals surface area contributed by atoms with Crippen LogP contribution in [0.5, 0.6) is 5.75 Å². The van der Waals surface area contributed by atoms with Crippen LogP contribution >= 0.6 is 0 Å². The molecule has 0 aliphatic heterocycles. The molecule has 0 fully saturated rings. The average Bonchev–Trinajstić information content (AvgIpc) is 2.39. The van der Waals surface area contributed by atoms with Gasteiger partial charge in [0, 0.05) is 6.42 Å². The molecule has 0 heterocycles. The quantitative estimate of drug-likeness (QED) is 0.892. The van der Waals surface area contributed by atoms with Gasteiger partial charge in [0.25, 0.3) is 0 Å². The highest BCUT2D eigenvalue weighted by molar-refractivity contribution is 5.41. The molecule has 2 aromatic rings. The zero-order valence-corrected chi connectivity index (χ0v) is 10.8. The molecule has 0 unspecified atom stereocenters. The van der Waals surface area contributed by atoms with E-state index in [1.54, 1.807) is 7.11 Å². The van der Waals surface area contributed by atoms with Crippen LogP contribution in [0.3, 0.4) is 0 Å². The number of benzene rings is 2. The van der Waals surface area contributed by atoms with E-state index >= 15 is 0 Å². The van der Waals surface area contributed by atoms with Gasteiger partial charge in [-0.25, -0.2) is 0 Å². The van der Waals surface area contributed by atoms with Gasteiger partial charge in [0.05, 0.1) is 13.7 Å². The van der Waals surface area contributed by atoms with Crippen molar-refractivity contribution in [3.05, 3.63) is 64.7 Å². The Bertz CT molecular complexity index is 532. The Hall–Kier alpha value is -1.80. The van der Waals surface area contributed by atoms with Gasteiger partial charge in [-0.15, -0.1) is 0 Å². The van der Waals surface area contributed by atoms with E-state index in [1.165, 1.54) is 11.1 Å². The molecule has 0 saturated carbocycles. The fraction of sp³-hybridized carbons (Fsp3) is 0.250. The molecular formula is C16H18O2. The molecule has 94 valence electrons. The zero-order chi connectivity index (χ0) is 13.0. The van der Waals surface area contributed by atoms with Crippen LogP contribution in [-0.4, -0.2) is 12.2 Å². The second-order valence-corrected chi connectivity index (χ2v) is 4.47. The number of hydrogen-bond acceptors (Lipinski definition) is 2. The highest BCUT2D eigenvalue weighted by atomic mass is 16.5. The van der Waals surface area contributed by atoms with Crippen LogP contribution in [0.25, 0.3) is 0 Å². The summed E-state index contributed by atoms with van der Waals surface area (Å²) in [7, 11) is 1.66. The maximum Gasteiger partial charge on any atom is 0.122 e. The molecule has 2 rings (SSSR count). The summed E-state index contributed by atoms with van der Waals surface area (Å²) in [5.41, 5.74) is 4.55. The van der Waals surface area contributed by atoms with E-state index in [0.717, 1.165) is 23.3 Å². The first-order valence-corrected chi connectivity index (χ1v) is 6.05. The number of ether oxygens (including phenoxy) is 1. The summed E-state index contributed by atoms with van der Waals surface area (Å²) in [5, 5.41) is 9.12. The summed E-state index contributed by atoms with van der Waals surface area (Å²) < 4.78 is 5.38. The van der Waals surface area contributed by atoms with Crippen molar-refractivity contribution in [3.63, 3.8) is 0 Å². The molecule has 0 spiro atoms. The summed E-state index contributed by atoms with van der Waals surface area (Å²) in [4.78, 5) is 0. The SMILES string of the molecule is COc1cc(CO)ccc1Cc1cccc(C)c1. The van der Waals surface area contributed by atoms with Crippen molar-refractivity contribution in [2.45, 2.75) is 20.0 Å². The molecule has 2 nitrogen and oxygen atoms in total. The number of methoxy groups -OCH3 is 1. The maximum atomic E-state index is 9.12. The van der Waals surface area contributed by atoms with Gasteiger partial charge < -0.3 is 9.84 Å². The second-order valence-electron chi connectivity index (χ2n) is 4.47. The summed E-state index contributed by atoms with van der Waals surface area (Å²) in [6.07, 6.45) is 0.844. The van der Waals surface area contributed by atoms with Crippen molar-refractivity contribution >= 4 is 0 Å². The molecule has 0 saturated heterocycles. The second kappa shape index (κ2) is 5.69. The predicted molar refractivity (Wildman–Crippen MR) is 72.9 cm³/mol. The molecule has 1 N–H and O–H groups in total. The molecule has 2 heteroatoms. The number of rotatable bonds is 4. The third kappa shape index (κ3) is 2.90. The standard InChI is InChI=1S/C16H18O2/c1-12-4-3-5-13(8-12)9-15-7-6-14(11-17)10-16(15)18-2/h3-8,10,17H,9,11H2,1-2H3. The molecule has 0 aromatic heterocycles. The van der Waals surface area contributed by atoms with E-state index in [-0.39, 0.29) is 6.61 Å². The highest BCUT2D eigenvalue weighted by Gasteiger charge is 2.05. The number of aliphatic hydroxyl groups is 1. The Morgan fingerprint density at radius 3 is 2.56 bits per heavy atom. The van der Waals surface area contributed by atoms with Gasteiger partial charge in [-0.3, -0.25) is 0 Å². The molecule has 0 amide bonds. The van der Waals surface area contributed by atoms with Crippen molar-refractivity contribution in [2.75, 3.05) is 7.11 Å². The van der Waals surface area contributed by atoms with E-state index in [2.05, 4.69) is 31.2 Å². The monoisotopic (exact) mass is 242 g/mol. The Labute approximate surface area is 108 Å². The minimum absolute atomic E-state index is 0.0427. The third-order valence-corrected chi connectivity index (χ3v) is 3.01. The number of aryl methyl sites for hydroxylation is 1. The fourth-order valence-corrected chi connectivity index (χ4v) is 2.08. The normalized spacial score (nSPS) is 10.4. The van der Waals surface area contributed by atoms with Crippen molar-refractivity contribution in [3.8, 4) is 5.75 Å². The topological polar surface area (TPSA) is 29.5 Å². The summed E-state index contributed by atoms with van der Waals surface area (Å²) in [6.45, 7) is 2.14. The lowest BCUT2D eigenvalue weighted by Crippen LogP contribution is -1.96. The lowest BCUT2D eigenvalue weighted by molar-refractivity contribution is 0.281. The smallest absolute Gasteiger partial charge is 0.122 e. The largest absolute Gasteiger partial charge is 0.496 e. The first-order valence-electron chi connectivity index (χ1n) is 6.05. The lowest BCUT2D eigenvalue weighted by atomic mass is 10.0. The Morgan fingerprint density at radius 1 is 1.06 bits per heavy atom. The minimum Gasteiger partial charge on any atom is -0.496 e. The molecule has 0 bridgehead atoms. The molecule has 2 aromatic carbocycles.